The molecule has 0 radical (unpaired) electrons. The monoisotopic (exact) mass is 258 g/mol. The van der Waals surface area contributed by atoms with E-state index >= 15 is 0 Å². The zero-order valence-electron chi connectivity index (χ0n) is 11.1. The van der Waals surface area contributed by atoms with Gasteiger partial charge in [0.15, 0.2) is 0 Å². The van der Waals surface area contributed by atoms with Crippen molar-refractivity contribution in [2.45, 2.75) is 25.7 Å². The summed E-state index contributed by atoms with van der Waals surface area (Å²) >= 11 is 0. The van der Waals surface area contributed by atoms with E-state index in [0.717, 1.165) is 11.3 Å². The number of carbonyl (C=O) groups excluding carboxylic acids is 1. The molecule has 100 valence electrons. The van der Waals surface area contributed by atoms with Crippen LogP contribution >= 0.6 is 0 Å². The van der Waals surface area contributed by atoms with Crippen LogP contribution < -0.4 is 4.74 Å². The van der Waals surface area contributed by atoms with E-state index in [1.54, 1.807) is 4.90 Å². The first-order chi connectivity index (χ1) is 9.27. The van der Waals surface area contributed by atoms with Crippen molar-refractivity contribution in [1.82, 2.24) is 4.90 Å². The van der Waals surface area contributed by atoms with Gasteiger partial charge in [0.25, 0.3) is 0 Å². The molecule has 0 fully saturated rings. The molecule has 1 aromatic rings. The van der Waals surface area contributed by atoms with Gasteiger partial charge in [-0.3, -0.25) is 4.79 Å². The lowest BCUT2D eigenvalue weighted by Crippen LogP contribution is -2.37. The minimum Gasteiger partial charge on any atom is -0.493 e. The number of likely N-dealkylation sites (N-methyl/N-ethyl adjacent to an activating group) is 1. The summed E-state index contributed by atoms with van der Waals surface area (Å²) < 4.78 is 5.58. The normalized spacial score (nSPS) is 16.9. The Kier molecular flexibility index (Phi) is 4.40. The topological polar surface area (TPSA) is 53.3 Å². The average Bonchev–Trinajstić information content (AvgIpc) is 2.47. The lowest BCUT2D eigenvalue weighted by Gasteiger charge is -2.29. The fourth-order valence-corrected chi connectivity index (χ4v) is 2.43. The van der Waals surface area contributed by atoms with Crippen LogP contribution in [0.1, 0.15) is 31.2 Å². The van der Waals surface area contributed by atoms with Crippen LogP contribution in [0.25, 0.3) is 0 Å². The van der Waals surface area contributed by atoms with Crippen molar-refractivity contribution in [2.75, 3.05) is 19.7 Å². The number of nitriles is 1. The summed E-state index contributed by atoms with van der Waals surface area (Å²) in [6.07, 6.45) is 1.09. The third-order valence-electron chi connectivity index (χ3n) is 3.44. The second-order valence-electron chi connectivity index (χ2n) is 4.55. The van der Waals surface area contributed by atoms with Crippen molar-refractivity contribution in [3.8, 4) is 11.8 Å². The highest BCUT2D eigenvalue weighted by Gasteiger charge is 2.30. The molecule has 0 saturated carbocycles. The molecule has 4 heteroatoms. The number of benzene rings is 1. The summed E-state index contributed by atoms with van der Waals surface area (Å²) in [4.78, 5) is 14.3. The minimum atomic E-state index is -0.136. The third-order valence-corrected chi connectivity index (χ3v) is 3.44. The molecule has 1 heterocycles. The molecule has 0 aliphatic carbocycles. The molecule has 1 aliphatic heterocycles. The van der Waals surface area contributed by atoms with Gasteiger partial charge in [0.05, 0.1) is 25.0 Å². The number of fused-ring (bicyclic) bond motifs is 1. The molecule has 1 atom stereocenters. The van der Waals surface area contributed by atoms with E-state index in [2.05, 4.69) is 6.07 Å². The van der Waals surface area contributed by atoms with Crippen molar-refractivity contribution in [3.05, 3.63) is 29.8 Å². The van der Waals surface area contributed by atoms with Gasteiger partial charge in [-0.2, -0.15) is 5.26 Å². The molecule has 0 saturated heterocycles. The lowest BCUT2D eigenvalue weighted by molar-refractivity contribution is -0.133. The predicted molar refractivity (Wildman–Crippen MR) is 71.8 cm³/mol. The maximum Gasteiger partial charge on any atom is 0.230 e. The number of hydrogen-bond acceptors (Lipinski definition) is 3. The van der Waals surface area contributed by atoms with Gasteiger partial charge in [0, 0.05) is 18.7 Å². The van der Waals surface area contributed by atoms with E-state index in [1.807, 2.05) is 31.2 Å². The van der Waals surface area contributed by atoms with Crippen LogP contribution in [0.4, 0.5) is 0 Å². The van der Waals surface area contributed by atoms with E-state index in [1.165, 1.54) is 0 Å². The number of para-hydroxylation sites is 1. The first kappa shape index (κ1) is 13.4. The SMILES string of the molecule is CCN(CCC#N)C(=O)C1CCOc2ccccc21. The van der Waals surface area contributed by atoms with Crippen LogP contribution in [0.15, 0.2) is 24.3 Å². The molecule has 1 aromatic carbocycles. The molecule has 0 bridgehead atoms. The van der Waals surface area contributed by atoms with Crippen molar-refractivity contribution < 1.29 is 9.53 Å². The Morgan fingerprint density at radius 3 is 3.05 bits per heavy atom. The quantitative estimate of drug-likeness (QED) is 0.832. The molecule has 0 aromatic heterocycles. The lowest BCUT2D eigenvalue weighted by atomic mass is 9.91. The minimum absolute atomic E-state index is 0.105. The van der Waals surface area contributed by atoms with Crippen LogP contribution in [0.2, 0.25) is 0 Å². The third kappa shape index (κ3) is 2.87. The van der Waals surface area contributed by atoms with Gasteiger partial charge in [0.2, 0.25) is 5.91 Å². The molecular formula is C15H18N2O2. The second-order valence-corrected chi connectivity index (χ2v) is 4.55. The van der Waals surface area contributed by atoms with Gasteiger partial charge in [-0.1, -0.05) is 18.2 Å². The zero-order chi connectivity index (χ0) is 13.7. The number of hydrogen-bond donors (Lipinski definition) is 0. The van der Waals surface area contributed by atoms with E-state index in [9.17, 15) is 4.79 Å². The van der Waals surface area contributed by atoms with Crippen molar-refractivity contribution in [1.29, 1.82) is 5.26 Å². The maximum atomic E-state index is 12.6. The fourth-order valence-electron chi connectivity index (χ4n) is 2.43. The molecule has 0 N–H and O–H groups in total. The first-order valence-electron chi connectivity index (χ1n) is 6.65. The van der Waals surface area contributed by atoms with Gasteiger partial charge in [0.1, 0.15) is 5.75 Å². The Hall–Kier alpha value is -2.02. The summed E-state index contributed by atoms with van der Waals surface area (Å²) in [5.41, 5.74) is 0.967. The first-order valence-corrected chi connectivity index (χ1v) is 6.65. The Morgan fingerprint density at radius 1 is 1.53 bits per heavy atom. The number of rotatable bonds is 4. The molecule has 1 amide bonds. The van der Waals surface area contributed by atoms with Crippen LogP contribution in [-0.2, 0) is 4.79 Å². The fraction of sp³-hybridized carbons (Fsp3) is 0.467. The van der Waals surface area contributed by atoms with Crippen molar-refractivity contribution in [2.24, 2.45) is 0 Å². The predicted octanol–water partition coefficient (Wildman–Crippen LogP) is 2.31. The Balaban J connectivity index is 2.18. The largest absolute Gasteiger partial charge is 0.493 e. The van der Waals surface area contributed by atoms with Crippen LogP contribution in [0.3, 0.4) is 0 Å². The highest BCUT2D eigenvalue weighted by atomic mass is 16.5. The number of ether oxygens (including phenoxy) is 1. The summed E-state index contributed by atoms with van der Waals surface area (Å²) in [5.74, 6) is 0.778. The van der Waals surface area contributed by atoms with Gasteiger partial charge >= 0.3 is 0 Å². The Morgan fingerprint density at radius 2 is 2.32 bits per heavy atom. The number of amides is 1. The van der Waals surface area contributed by atoms with Gasteiger partial charge in [-0.25, -0.2) is 0 Å². The van der Waals surface area contributed by atoms with E-state index < -0.39 is 0 Å². The van der Waals surface area contributed by atoms with Crippen molar-refractivity contribution in [3.63, 3.8) is 0 Å². The highest BCUT2D eigenvalue weighted by Crippen LogP contribution is 2.34. The molecular weight excluding hydrogens is 240 g/mol. The van der Waals surface area contributed by atoms with E-state index in [0.29, 0.717) is 32.5 Å². The molecule has 0 spiro atoms. The van der Waals surface area contributed by atoms with Crippen molar-refractivity contribution >= 4 is 5.91 Å². The molecule has 2 rings (SSSR count). The van der Waals surface area contributed by atoms with Gasteiger partial charge in [-0.05, 0) is 19.4 Å². The maximum absolute atomic E-state index is 12.6. The van der Waals surface area contributed by atoms with Gasteiger partial charge < -0.3 is 9.64 Å². The zero-order valence-corrected chi connectivity index (χ0v) is 11.1. The smallest absolute Gasteiger partial charge is 0.230 e. The number of nitrogens with zero attached hydrogens (tertiary/aromatic N) is 2. The molecule has 19 heavy (non-hydrogen) atoms. The number of carbonyl (C=O) groups is 1. The summed E-state index contributed by atoms with van der Waals surface area (Å²) in [7, 11) is 0. The standard InChI is InChI=1S/C15H18N2O2/c1-2-17(10-5-9-16)15(18)13-8-11-19-14-7-4-3-6-12(13)14/h3-4,6-7,13H,2,5,8,10-11H2,1H3. The average molecular weight is 258 g/mol. The van der Waals surface area contributed by atoms with E-state index in [4.69, 9.17) is 10.00 Å². The van der Waals surface area contributed by atoms with Gasteiger partial charge in [-0.15, -0.1) is 0 Å². The summed E-state index contributed by atoms with van der Waals surface area (Å²) in [6, 6.07) is 9.79. The second kappa shape index (κ2) is 6.24. The summed E-state index contributed by atoms with van der Waals surface area (Å²) in [5, 5.41) is 8.65. The van der Waals surface area contributed by atoms with Crippen LogP contribution in [-0.4, -0.2) is 30.5 Å². The molecule has 4 nitrogen and oxygen atoms in total. The highest BCUT2D eigenvalue weighted by molar-refractivity contribution is 5.84. The molecule has 1 unspecified atom stereocenters. The van der Waals surface area contributed by atoms with E-state index in [-0.39, 0.29) is 11.8 Å². The Labute approximate surface area is 113 Å². The van der Waals surface area contributed by atoms with Crippen LogP contribution in [0.5, 0.6) is 5.75 Å². The molecule has 1 aliphatic rings. The summed E-state index contributed by atoms with van der Waals surface area (Å²) in [6.45, 7) is 3.66. The Bertz CT molecular complexity index is 493. The van der Waals surface area contributed by atoms with Crippen LogP contribution in [0, 0.1) is 11.3 Å².